The number of para-hydroxylation sites is 1. The lowest BCUT2D eigenvalue weighted by molar-refractivity contribution is 0.439. The van der Waals surface area contributed by atoms with E-state index in [4.69, 9.17) is 0 Å². The van der Waals surface area contributed by atoms with Crippen LogP contribution in [0.5, 0.6) is 0 Å². The molecule has 1 N–H and O–H groups in total. The summed E-state index contributed by atoms with van der Waals surface area (Å²) in [6.07, 6.45) is 5.34. The fraction of sp³-hybridized carbons (Fsp3) is 0.208. The number of nitrogens with one attached hydrogen (secondary N) is 1. The minimum absolute atomic E-state index is 0.112. The van der Waals surface area contributed by atoms with Crippen LogP contribution in [0.3, 0.4) is 0 Å². The van der Waals surface area contributed by atoms with Crippen molar-refractivity contribution in [1.82, 2.24) is 18.8 Å². The summed E-state index contributed by atoms with van der Waals surface area (Å²) in [5, 5.41) is 1.25. The number of hydrogen-bond acceptors (Lipinski definition) is 3. The Kier molecular flexibility index (Phi) is 5.19. The molecule has 4 aromatic rings. The topological polar surface area (TPSA) is 71.0 Å². The molecule has 0 radical (unpaired) electrons. The summed E-state index contributed by atoms with van der Waals surface area (Å²) in [6, 6.07) is 14.8. The van der Waals surface area contributed by atoms with Gasteiger partial charge in [0.25, 0.3) is 10.0 Å². The van der Waals surface area contributed by atoms with Crippen LogP contribution in [-0.2, 0) is 16.6 Å². The summed E-state index contributed by atoms with van der Waals surface area (Å²) >= 11 is 0. The van der Waals surface area contributed by atoms with E-state index in [-0.39, 0.29) is 10.8 Å². The first-order chi connectivity index (χ1) is 15.4. The van der Waals surface area contributed by atoms with Crippen LogP contribution in [0.1, 0.15) is 23.2 Å². The van der Waals surface area contributed by atoms with Gasteiger partial charge in [0.15, 0.2) is 5.03 Å². The third-order valence-electron chi connectivity index (χ3n) is 6.07. The van der Waals surface area contributed by atoms with Crippen molar-refractivity contribution in [2.45, 2.75) is 24.9 Å². The first kappa shape index (κ1) is 20.7. The maximum Gasteiger partial charge on any atom is 0.260 e. The number of fused-ring (bicyclic) bond motifs is 1. The molecule has 2 aromatic heterocycles. The van der Waals surface area contributed by atoms with Crippen LogP contribution in [0.25, 0.3) is 16.5 Å². The summed E-state index contributed by atoms with van der Waals surface area (Å²) < 4.78 is 42.6. The van der Waals surface area contributed by atoms with Gasteiger partial charge in [0.05, 0.1) is 12.5 Å². The summed E-state index contributed by atoms with van der Waals surface area (Å²) in [7, 11) is -3.58. The third-order valence-corrected chi connectivity index (χ3v) is 7.86. The molecule has 5 rings (SSSR count). The van der Waals surface area contributed by atoms with Crippen molar-refractivity contribution in [2.75, 3.05) is 13.1 Å². The van der Waals surface area contributed by atoms with Crippen molar-refractivity contribution >= 4 is 26.5 Å². The maximum atomic E-state index is 13.3. The monoisotopic (exact) mass is 450 g/mol. The number of nitrogens with zero attached hydrogens (tertiary/aromatic N) is 3. The molecule has 0 saturated heterocycles. The number of H-pyrrole nitrogens is 1. The van der Waals surface area contributed by atoms with Gasteiger partial charge in [-0.3, -0.25) is 0 Å². The summed E-state index contributed by atoms with van der Waals surface area (Å²) in [4.78, 5) is 6.53. The van der Waals surface area contributed by atoms with Crippen LogP contribution in [0.4, 0.5) is 4.39 Å². The number of halogens is 1. The Labute approximate surface area is 186 Å². The minimum Gasteiger partial charge on any atom is -0.340 e. The highest BCUT2D eigenvalue weighted by Gasteiger charge is 2.28. The second-order valence-corrected chi connectivity index (χ2v) is 9.85. The fourth-order valence-electron chi connectivity index (χ4n) is 4.43. The SMILES string of the molecule is Cc1c(C2=CCN(S(=O)(=O)c3cnc[nH]3)CC2)c2ccccc2n1Cc1ccc(F)cc1. The van der Waals surface area contributed by atoms with Gasteiger partial charge < -0.3 is 9.55 Å². The molecule has 32 heavy (non-hydrogen) atoms. The maximum absolute atomic E-state index is 13.3. The number of sulfonamides is 1. The van der Waals surface area contributed by atoms with E-state index in [1.165, 1.54) is 29.0 Å². The van der Waals surface area contributed by atoms with Crippen LogP contribution >= 0.6 is 0 Å². The first-order valence-corrected chi connectivity index (χ1v) is 11.9. The predicted octanol–water partition coefficient (Wildman–Crippen LogP) is 4.34. The molecule has 0 aliphatic carbocycles. The molecule has 0 fully saturated rings. The van der Waals surface area contributed by atoms with Gasteiger partial charge in [0.1, 0.15) is 5.82 Å². The van der Waals surface area contributed by atoms with Crippen molar-refractivity contribution < 1.29 is 12.8 Å². The van der Waals surface area contributed by atoms with Crippen molar-refractivity contribution in [2.24, 2.45) is 0 Å². The Morgan fingerprint density at radius 2 is 1.91 bits per heavy atom. The van der Waals surface area contributed by atoms with E-state index in [9.17, 15) is 12.8 Å². The average Bonchev–Trinajstić information content (AvgIpc) is 3.44. The zero-order valence-electron chi connectivity index (χ0n) is 17.6. The predicted molar refractivity (Wildman–Crippen MR) is 122 cm³/mol. The lowest BCUT2D eigenvalue weighted by atomic mass is 9.97. The molecule has 0 bridgehead atoms. The van der Waals surface area contributed by atoms with E-state index in [0.717, 1.165) is 33.3 Å². The van der Waals surface area contributed by atoms with E-state index < -0.39 is 10.0 Å². The molecule has 0 saturated carbocycles. The molecular weight excluding hydrogens is 427 g/mol. The Morgan fingerprint density at radius 3 is 2.59 bits per heavy atom. The quantitative estimate of drug-likeness (QED) is 0.492. The summed E-state index contributed by atoms with van der Waals surface area (Å²) in [6.45, 7) is 3.45. The fourth-order valence-corrected chi connectivity index (χ4v) is 5.71. The van der Waals surface area contributed by atoms with E-state index in [1.54, 1.807) is 12.1 Å². The standard InChI is InChI=1S/C24H23FN4O2S/c1-17-24(19-10-12-28(13-11-19)32(30,31)23-14-26-16-27-23)21-4-2-3-5-22(21)29(17)15-18-6-8-20(25)9-7-18/h2-10,14,16H,11-13,15H2,1H3,(H,26,27). The lowest BCUT2D eigenvalue weighted by Crippen LogP contribution is -2.34. The highest BCUT2D eigenvalue weighted by Crippen LogP contribution is 2.35. The molecule has 1 aliphatic heterocycles. The zero-order valence-corrected chi connectivity index (χ0v) is 18.4. The van der Waals surface area contributed by atoms with Crippen molar-refractivity contribution in [3.8, 4) is 0 Å². The Balaban J connectivity index is 1.50. The molecule has 6 nitrogen and oxygen atoms in total. The molecule has 1 aliphatic rings. The largest absolute Gasteiger partial charge is 0.340 e. The normalized spacial score (nSPS) is 15.2. The van der Waals surface area contributed by atoms with Gasteiger partial charge in [-0.15, -0.1) is 0 Å². The van der Waals surface area contributed by atoms with Gasteiger partial charge in [-0.1, -0.05) is 36.4 Å². The second-order valence-electron chi connectivity index (χ2n) is 7.95. The second kappa shape index (κ2) is 8.03. The number of aromatic amines is 1. The van der Waals surface area contributed by atoms with Gasteiger partial charge in [0, 0.05) is 41.8 Å². The van der Waals surface area contributed by atoms with Crippen molar-refractivity contribution in [3.05, 3.63) is 89.8 Å². The van der Waals surface area contributed by atoms with Crippen LogP contribution in [0.2, 0.25) is 0 Å². The number of aromatic nitrogens is 3. The molecule has 2 aromatic carbocycles. The molecule has 3 heterocycles. The minimum atomic E-state index is -3.58. The third kappa shape index (κ3) is 3.55. The van der Waals surface area contributed by atoms with Gasteiger partial charge >= 0.3 is 0 Å². The van der Waals surface area contributed by atoms with E-state index >= 15 is 0 Å². The molecule has 0 unspecified atom stereocenters. The molecule has 164 valence electrons. The lowest BCUT2D eigenvalue weighted by Gasteiger charge is -2.25. The first-order valence-electron chi connectivity index (χ1n) is 10.5. The number of hydrogen-bond donors (Lipinski definition) is 1. The van der Waals surface area contributed by atoms with E-state index in [1.807, 2.05) is 18.2 Å². The van der Waals surface area contributed by atoms with E-state index in [2.05, 4.69) is 33.6 Å². The van der Waals surface area contributed by atoms with E-state index in [0.29, 0.717) is 26.1 Å². The number of imidazole rings is 1. The molecule has 0 amide bonds. The van der Waals surface area contributed by atoms with Gasteiger partial charge in [-0.05, 0) is 42.7 Å². The van der Waals surface area contributed by atoms with Crippen molar-refractivity contribution in [1.29, 1.82) is 0 Å². The van der Waals surface area contributed by atoms with Crippen LogP contribution in [0, 0.1) is 12.7 Å². The van der Waals surface area contributed by atoms with Crippen LogP contribution in [-0.4, -0.2) is 40.3 Å². The average molecular weight is 451 g/mol. The Bertz CT molecular complexity index is 1400. The van der Waals surface area contributed by atoms with Crippen LogP contribution < -0.4 is 0 Å². The van der Waals surface area contributed by atoms with Crippen LogP contribution in [0.15, 0.2) is 72.2 Å². The van der Waals surface area contributed by atoms with Gasteiger partial charge in [0.2, 0.25) is 0 Å². The molecule has 0 spiro atoms. The Morgan fingerprint density at radius 1 is 1.12 bits per heavy atom. The molecule has 0 atom stereocenters. The molecular formula is C24H23FN4O2S. The summed E-state index contributed by atoms with van der Waals surface area (Å²) in [5.41, 5.74) is 5.55. The highest BCUT2D eigenvalue weighted by atomic mass is 32.2. The Hall–Kier alpha value is -3.23. The number of rotatable bonds is 5. The zero-order chi connectivity index (χ0) is 22.3. The van der Waals surface area contributed by atoms with Gasteiger partial charge in [-0.25, -0.2) is 17.8 Å². The smallest absolute Gasteiger partial charge is 0.260 e. The number of benzene rings is 2. The highest BCUT2D eigenvalue weighted by molar-refractivity contribution is 7.89. The summed E-state index contributed by atoms with van der Waals surface area (Å²) in [5.74, 6) is -0.245. The van der Waals surface area contributed by atoms with Crippen molar-refractivity contribution in [3.63, 3.8) is 0 Å². The molecule has 8 heteroatoms. The van der Waals surface area contributed by atoms with Gasteiger partial charge in [-0.2, -0.15) is 4.31 Å².